The molecule has 0 unspecified atom stereocenters. The van der Waals surface area contributed by atoms with Gasteiger partial charge < -0.3 is 0 Å². The molecular weight excluding hydrogens is 117 g/mol. The average Bonchev–Trinajstić information content (AvgIpc) is 1.98. The Kier molecular flexibility index (Phi) is 0.797. The van der Waals surface area contributed by atoms with Crippen molar-refractivity contribution in [1.29, 1.82) is 0 Å². The fraction of sp³-hybridized carbons (Fsp3) is 0. The van der Waals surface area contributed by atoms with Crippen LogP contribution in [0.2, 0.25) is 0 Å². The van der Waals surface area contributed by atoms with Gasteiger partial charge in [-0.1, -0.05) is 19.8 Å². The molecule has 0 saturated heterocycles. The lowest BCUT2D eigenvalue weighted by atomic mass is 11.0. The predicted molar refractivity (Wildman–Crippen MR) is 18.6 cm³/mol. The van der Waals surface area contributed by atoms with Gasteiger partial charge in [-0.2, -0.15) is 0 Å². The van der Waals surface area contributed by atoms with Crippen molar-refractivity contribution < 1.29 is 14.1 Å². The van der Waals surface area contributed by atoms with Crippen LogP contribution in [-0.4, -0.2) is 17.2 Å². The lowest BCUT2D eigenvalue weighted by Crippen LogP contribution is -2.16. The van der Waals surface area contributed by atoms with Crippen LogP contribution in [-0.2, 0) is 0 Å². The summed E-state index contributed by atoms with van der Waals surface area (Å²) in [5, 5.41) is 4.50. The molecule has 0 aliphatic carbocycles. The number of imide groups is 1. The third kappa shape index (κ3) is 0.462. The number of carbonyl (C=O) groups is 2. The number of urea groups is 2. The van der Waals surface area contributed by atoms with Gasteiger partial charge in [0.1, 0.15) is 0 Å². The molecule has 42 valence electrons. The van der Waals surface area contributed by atoms with Crippen LogP contribution in [0.3, 0.4) is 0 Å². The van der Waals surface area contributed by atoms with Crippen LogP contribution in [0.15, 0.2) is 10.2 Å². The number of hydrogen-bond donors (Lipinski definition) is 0. The van der Waals surface area contributed by atoms with Crippen LogP contribution in [0, 0.1) is 0 Å². The summed E-state index contributed by atoms with van der Waals surface area (Å²) in [5.74, 6) is 0. The van der Waals surface area contributed by atoms with E-state index in [0.717, 1.165) is 0 Å². The first-order chi connectivity index (χ1) is 3.72. The van der Waals surface area contributed by atoms with Gasteiger partial charge in [0.15, 0.2) is 0 Å². The fourth-order valence-electron chi connectivity index (χ4n) is 0.246. The molecule has 0 fully saturated rings. The van der Waals surface area contributed by atoms with Crippen molar-refractivity contribution in [2.75, 3.05) is 0 Å². The van der Waals surface area contributed by atoms with E-state index in [1.54, 1.807) is 0 Å². The minimum Gasteiger partial charge on any atom is -0.241 e. The zero-order chi connectivity index (χ0) is 6.15. The third-order valence-electron chi connectivity index (χ3n) is 0.557. The van der Waals surface area contributed by atoms with Crippen molar-refractivity contribution in [3.63, 3.8) is 0 Å². The molecule has 0 radical (unpaired) electrons. The molecule has 0 aromatic carbocycles. The Hall–Kier alpha value is -1.33. The Morgan fingerprint density at radius 1 is 1.25 bits per heavy atom. The summed E-state index contributed by atoms with van der Waals surface area (Å²) in [7, 11) is 0. The molecule has 8 heavy (non-hydrogen) atoms. The lowest BCUT2D eigenvalue weighted by Gasteiger charge is -1.88. The molecule has 0 saturated carbocycles. The molecule has 6 heteroatoms. The largest absolute Gasteiger partial charge is 0.399 e. The van der Waals surface area contributed by atoms with Gasteiger partial charge in [-0.3, -0.25) is 0 Å². The summed E-state index contributed by atoms with van der Waals surface area (Å²) in [6.07, 6.45) is 0. The molecule has 1 aliphatic rings. The van der Waals surface area contributed by atoms with Crippen LogP contribution in [0.4, 0.5) is 14.1 Å². The van der Waals surface area contributed by atoms with Gasteiger partial charge in [0.25, 0.3) is 0 Å². The summed E-state index contributed by atoms with van der Waals surface area (Å²) in [5.41, 5.74) is 0. The first-order valence-corrected chi connectivity index (χ1v) is 1.67. The molecule has 0 spiro atoms. The van der Waals surface area contributed by atoms with E-state index in [0.29, 0.717) is 0 Å². The van der Waals surface area contributed by atoms with E-state index in [4.69, 9.17) is 0 Å². The Balaban J connectivity index is 2.84. The minimum atomic E-state index is -1.27. The predicted octanol–water partition coefficient (Wildman–Crippen LogP) is 0.879. The van der Waals surface area contributed by atoms with Gasteiger partial charge >= 0.3 is 12.1 Å². The second-order valence-corrected chi connectivity index (χ2v) is 1.05. The topological polar surface area (TPSA) is 62.1 Å². The smallest absolute Gasteiger partial charge is 0.241 e. The summed E-state index contributed by atoms with van der Waals surface area (Å²) in [6.45, 7) is 0. The maximum Gasteiger partial charge on any atom is 0.399 e. The Labute approximate surface area is 42.7 Å². The average molecular weight is 117 g/mol. The first kappa shape index (κ1) is 4.82. The number of amides is 4. The van der Waals surface area contributed by atoms with E-state index in [1.807, 2.05) is 0 Å². The van der Waals surface area contributed by atoms with Gasteiger partial charge in [-0.25, -0.2) is 9.59 Å². The highest BCUT2D eigenvalue weighted by Gasteiger charge is 2.27. The SMILES string of the molecule is O=C1N=NC(=O)N1F. The maximum atomic E-state index is 11.7. The van der Waals surface area contributed by atoms with Crippen molar-refractivity contribution in [2.45, 2.75) is 0 Å². The molecule has 0 N–H and O–H groups in total. The van der Waals surface area contributed by atoms with E-state index in [9.17, 15) is 14.1 Å². The van der Waals surface area contributed by atoms with E-state index in [1.165, 1.54) is 0 Å². The van der Waals surface area contributed by atoms with Gasteiger partial charge in [0, 0.05) is 0 Å². The second kappa shape index (κ2) is 1.32. The molecule has 5 nitrogen and oxygen atoms in total. The molecule has 0 bridgehead atoms. The maximum absolute atomic E-state index is 11.7. The molecular formula is C2FN3O2. The highest BCUT2D eigenvalue weighted by Crippen LogP contribution is 2.05. The first-order valence-electron chi connectivity index (χ1n) is 1.67. The highest BCUT2D eigenvalue weighted by molar-refractivity contribution is 5.96. The molecule has 1 aliphatic heterocycles. The number of carbonyl (C=O) groups excluding carboxylic acids is 2. The molecule has 4 amide bonds. The second-order valence-electron chi connectivity index (χ2n) is 1.05. The summed E-state index contributed by atoms with van der Waals surface area (Å²) in [6, 6.07) is -2.54. The number of halogens is 1. The Bertz CT molecular complexity index is 158. The number of nitrogens with zero attached hydrogens (tertiary/aromatic N) is 3. The van der Waals surface area contributed by atoms with Gasteiger partial charge in [-0.15, -0.1) is 0 Å². The Morgan fingerprint density at radius 2 is 1.62 bits per heavy atom. The van der Waals surface area contributed by atoms with E-state index in [-0.39, 0.29) is 0 Å². The number of rotatable bonds is 0. The van der Waals surface area contributed by atoms with E-state index >= 15 is 0 Å². The van der Waals surface area contributed by atoms with Crippen molar-refractivity contribution >= 4 is 12.1 Å². The zero-order valence-electron chi connectivity index (χ0n) is 3.54. The standard InChI is InChI=1S/C2FN3O2/c3-6-1(7)4-5-2(6)8. The molecule has 0 atom stereocenters. The summed E-state index contributed by atoms with van der Waals surface area (Å²) >= 11 is 0. The molecule has 1 rings (SSSR count). The lowest BCUT2D eigenvalue weighted by molar-refractivity contribution is 0.112. The number of azo groups is 1. The van der Waals surface area contributed by atoms with Crippen LogP contribution in [0.5, 0.6) is 0 Å². The normalized spacial score (nSPS) is 18.4. The van der Waals surface area contributed by atoms with Gasteiger partial charge in [-0.05, 0) is 0 Å². The van der Waals surface area contributed by atoms with Crippen molar-refractivity contribution in [3.05, 3.63) is 0 Å². The molecule has 0 aromatic rings. The third-order valence-corrected chi connectivity index (χ3v) is 0.557. The summed E-state index contributed by atoms with van der Waals surface area (Å²) in [4.78, 5) is 19.7. The van der Waals surface area contributed by atoms with Crippen LogP contribution >= 0.6 is 0 Å². The Morgan fingerprint density at radius 3 is 1.75 bits per heavy atom. The monoisotopic (exact) mass is 117 g/mol. The van der Waals surface area contributed by atoms with Crippen LogP contribution in [0.25, 0.3) is 0 Å². The highest BCUT2D eigenvalue weighted by atomic mass is 19.2. The zero-order valence-corrected chi connectivity index (χ0v) is 3.54. The summed E-state index contributed by atoms with van der Waals surface area (Å²) < 4.78 is 11.7. The van der Waals surface area contributed by atoms with Gasteiger partial charge in [0.2, 0.25) is 0 Å². The quantitative estimate of drug-likeness (QED) is 0.442. The molecule has 1 heterocycles. The molecule has 0 aromatic heterocycles. The van der Waals surface area contributed by atoms with Crippen molar-refractivity contribution in [2.24, 2.45) is 10.2 Å². The van der Waals surface area contributed by atoms with E-state index < -0.39 is 17.2 Å². The van der Waals surface area contributed by atoms with Gasteiger partial charge in [0.05, 0.1) is 0 Å². The van der Waals surface area contributed by atoms with Crippen molar-refractivity contribution in [1.82, 2.24) is 5.12 Å². The minimum absolute atomic E-state index is 0.667. The fourth-order valence-corrected chi connectivity index (χ4v) is 0.246. The van der Waals surface area contributed by atoms with Crippen molar-refractivity contribution in [3.8, 4) is 0 Å². The van der Waals surface area contributed by atoms with Crippen LogP contribution < -0.4 is 0 Å². The van der Waals surface area contributed by atoms with E-state index in [2.05, 4.69) is 10.2 Å². The number of hydrogen-bond acceptors (Lipinski definition) is 2. The van der Waals surface area contributed by atoms with Crippen LogP contribution in [0.1, 0.15) is 0 Å².